The zero-order chi connectivity index (χ0) is 20.5. The van der Waals surface area contributed by atoms with Crippen molar-refractivity contribution in [1.82, 2.24) is 5.32 Å². The Hall–Kier alpha value is -2.35. The fourth-order valence-corrected chi connectivity index (χ4v) is 4.04. The number of amides is 2. The van der Waals surface area contributed by atoms with Crippen LogP contribution in [0, 0.1) is 0 Å². The molecule has 0 radical (unpaired) electrons. The lowest BCUT2D eigenvalue weighted by molar-refractivity contribution is -0.122. The summed E-state index contributed by atoms with van der Waals surface area (Å²) < 4.78 is 5.85. The van der Waals surface area contributed by atoms with Crippen molar-refractivity contribution in [3.63, 3.8) is 0 Å². The number of carbonyl (C=O) groups is 2. The maximum Gasteiger partial charge on any atom is 0.270 e. The summed E-state index contributed by atoms with van der Waals surface area (Å²) in [5.74, 6) is -0.0522. The van der Waals surface area contributed by atoms with E-state index in [1.54, 1.807) is 24.3 Å². The van der Waals surface area contributed by atoms with Crippen LogP contribution in [0.25, 0.3) is 6.08 Å². The number of nitrogens with zero attached hydrogens (tertiary/aromatic N) is 2. The minimum absolute atomic E-state index is 0.0604. The second kappa shape index (κ2) is 8.18. The van der Waals surface area contributed by atoms with Gasteiger partial charge in [-0.3, -0.25) is 19.8 Å². The van der Waals surface area contributed by atoms with Crippen LogP contribution in [0.4, 0.5) is 11.6 Å². The highest BCUT2D eigenvalue weighted by molar-refractivity contribution is 7.80. The molecule has 0 spiro atoms. The molecule has 2 saturated heterocycles. The summed E-state index contributed by atoms with van der Waals surface area (Å²) in [5.41, 5.74) is 0.197. The zero-order valence-corrected chi connectivity index (χ0v) is 17.6. The Balaban J connectivity index is 1.65. The highest BCUT2D eigenvalue weighted by Crippen LogP contribution is 2.34. The van der Waals surface area contributed by atoms with E-state index in [1.165, 1.54) is 12.5 Å². The number of hydrogen-bond acceptors (Lipinski definition) is 5. The molecule has 0 atom stereocenters. The standard InChI is InChI=1S/C20H17Cl2N3O3S/c21-14-5-4-6-15(17(14)22)25-19(27)13(18(26)23-20(25)29)11-12-7-8-16(28-12)24-9-2-1-3-10-24/h4-8,11H,1-3,9-10H2,(H,23,26,29). The minimum Gasteiger partial charge on any atom is -0.441 e. The molecule has 2 aliphatic rings. The Labute approximate surface area is 183 Å². The largest absolute Gasteiger partial charge is 0.441 e. The molecule has 2 aromatic rings. The molecule has 1 N–H and O–H groups in total. The molecule has 0 aliphatic carbocycles. The zero-order valence-electron chi connectivity index (χ0n) is 15.3. The van der Waals surface area contributed by atoms with Crippen molar-refractivity contribution in [3.8, 4) is 0 Å². The van der Waals surface area contributed by atoms with Gasteiger partial charge in [-0.2, -0.15) is 0 Å². The average molecular weight is 450 g/mol. The first kappa shape index (κ1) is 19.9. The van der Waals surface area contributed by atoms with Crippen LogP contribution < -0.4 is 15.1 Å². The van der Waals surface area contributed by atoms with E-state index < -0.39 is 11.8 Å². The second-order valence-electron chi connectivity index (χ2n) is 6.75. The summed E-state index contributed by atoms with van der Waals surface area (Å²) >= 11 is 17.5. The lowest BCUT2D eigenvalue weighted by Gasteiger charge is -2.29. The van der Waals surface area contributed by atoms with Gasteiger partial charge in [0.15, 0.2) is 11.0 Å². The van der Waals surface area contributed by atoms with Gasteiger partial charge in [-0.05, 0) is 55.8 Å². The number of furan rings is 1. The van der Waals surface area contributed by atoms with Crippen molar-refractivity contribution in [2.75, 3.05) is 22.9 Å². The third kappa shape index (κ3) is 3.90. The average Bonchev–Trinajstić information content (AvgIpc) is 3.18. The van der Waals surface area contributed by atoms with Crippen LogP contribution in [0.1, 0.15) is 25.0 Å². The van der Waals surface area contributed by atoms with Crippen molar-refractivity contribution in [2.45, 2.75) is 19.3 Å². The molecule has 1 aromatic carbocycles. The van der Waals surface area contributed by atoms with Crippen LogP contribution >= 0.6 is 35.4 Å². The molecule has 150 valence electrons. The Morgan fingerprint density at radius 1 is 1.07 bits per heavy atom. The van der Waals surface area contributed by atoms with Crippen LogP contribution in [0.3, 0.4) is 0 Å². The van der Waals surface area contributed by atoms with Crippen molar-refractivity contribution in [1.29, 1.82) is 0 Å². The molecule has 0 bridgehead atoms. The first-order valence-corrected chi connectivity index (χ1v) is 10.3. The van der Waals surface area contributed by atoms with E-state index in [1.807, 2.05) is 6.07 Å². The summed E-state index contributed by atoms with van der Waals surface area (Å²) in [6.07, 6.45) is 4.86. The molecular formula is C20H17Cl2N3O3S. The molecule has 1 aromatic heterocycles. The van der Waals surface area contributed by atoms with Crippen LogP contribution in [-0.4, -0.2) is 30.0 Å². The van der Waals surface area contributed by atoms with Crippen molar-refractivity contribution in [2.24, 2.45) is 0 Å². The van der Waals surface area contributed by atoms with Gasteiger partial charge < -0.3 is 9.32 Å². The summed E-state index contributed by atoms with van der Waals surface area (Å²) in [7, 11) is 0. The monoisotopic (exact) mass is 449 g/mol. The van der Waals surface area contributed by atoms with E-state index in [0.717, 1.165) is 36.7 Å². The van der Waals surface area contributed by atoms with Gasteiger partial charge in [-0.1, -0.05) is 29.3 Å². The highest BCUT2D eigenvalue weighted by Gasteiger charge is 2.36. The van der Waals surface area contributed by atoms with Crippen molar-refractivity contribution in [3.05, 3.63) is 51.7 Å². The molecule has 4 rings (SSSR count). The highest BCUT2D eigenvalue weighted by atomic mass is 35.5. The maximum absolute atomic E-state index is 13.1. The number of hydrogen-bond donors (Lipinski definition) is 1. The number of thiocarbonyl (C=S) groups is 1. The third-order valence-electron chi connectivity index (χ3n) is 4.84. The predicted octanol–water partition coefficient (Wildman–Crippen LogP) is 4.41. The number of benzene rings is 1. The number of piperidine rings is 1. The molecule has 2 amide bonds. The first-order chi connectivity index (χ1) is 14.0. The molecule has 2 aliphatic heterocycles. The quantitative estimate of drug-likeness (QED) is 0.427. The van der Waals surface area contributed by atoms with Gasteiger partial charge in [-0.15, -0.1) is 0 Å². The molecule has 0 unspecified atom stereocenters. The minimum atomic E-state index is -0.598. The summed E-state index contributed by atoms with van der Waals surface area (Å²) in [6, 6.07) is 8.44. The smallest absolute Gasteiger partial charge is 0.270 e. The van der Waals surface area contributed by atoms with Gasteiger partial charge in [0.25, 0.3) is 11.8 Å². The topological polar surface area (TPSA) is 65.8 Å². The lowest BCUT2D eigenvalue weighted by Crippen LogP contribution is -2.54. The number of anilines is 2. The number of carbonyl (C=O) groups excluding carboxylic acids is 2. The molecule has 0 saturated carbocycles. The van der Waals surface area contributed by atoms with Crippen LogP contribution in [0.2, 0.25) is 10.0 Å². The summed E-state index contributed by atoms with van der Waals surface area (Å²) in [4.78, 5) is 28.8. The lowest BCUT2D eigenvalue weighted by atomic mass is 10.1. The van der Waals surface area contributed by atoms with Gasteiger partial charge in [0, 0.05) is 19.2 Å². The molecule has 9 heteroatoms. The van der Waals surface area contributed by atoms with Gasteiger partial charge in [0.1, 0.15) is 11.3 Å². The normalized spacial score (nSPS) is 19.1. The van der Waals surface area contributed by atoms with Crippen LogP contribution in [-0.2, 0) is 9.59 Å². The van der Waals surface area contributed by atoms with Crippen LogP contribution in [0.5, 0.6) is 0 Å². The SMILES string of the molecule is O=C1NC(=S)N(c2cccc(Cl)c2Cl)C(=O)C1=Cc1ccc(N2CCCCC2)o1. The second-order valence-corrected chi connectivity index (χ2v) is 7.93. The van der Waals surface area contributed by atoms with Crippen molar-refractivity contribution >= 4 is 70.0 Å². The van der Waals surface area contributed by atoms with Crippen molar-refractivity contribution < 1.29 is 14.0 Å². The maximum atomic E-state index is 13.1. The number of rotatable bonds is 3. The van der Waals surface area contributed by atoms with E-state index in [0.29, 0.717) is 11.4 Å². The summed E-state index contributed by atoms with van der Waals surface area (Å²) in [6.45, 7) is 1.86. The fraction of sp³-hybridized carbons (Fsp3) is 0.250. The Bertz CT molecular complexity index is 1030. The Morgan fingerprint density at radius 2 is 1.83 bits per heavy atom. The Morgan fingerprint density at radius 3 is 2.59 bits per heavy atom. The molecule has 6 nitrogen and oxygen atoms in total. The first-order valence-electron chi connectivity index (χ1n) is 9.16. The fourth-order valence-electron chi connectivity index (χ4n) is 3.39. The van der Waals surface area contributed by atoms with E-state index in [9.17, 15) is 9.59 Å². The molecule has 3 heterocycles. The van der Waals surface area contributed by atoms with Crippen LogP contribution in [0.15, 0.2) is 40.3 Å². The predicted molar refractivity (Wildman–Crippen MR) is 117 cm³/mol. The molecule has 2 fully saturated rings. The van der Waals surface area contributed by atoms with E-state index in [4.69, 9.17) is 39.8 Å². The van der Waals surface area contributed by atoms with Gasteiger partial charge >= 0.3 is 0 Å². The number of nitrogens with one attached hydrogen (secondary N) is 1. The number of halogens is 2. The summed E-state index contributed by atoms with van der Waals surface area (Å²) in [5, 5.41) is 2.91. The van der Waals surface area contributed by atoms with E-state index in [2.05, 4.69) is 10.2 Å². The van der Waals surface area contributed by atoms with E-state index in [-0.39, 0.29) is 20.7 Å². The van der Waals surface area contributed by atoms with Gasteiger partial charge in [0.05, 0.1) is 15.7 Å². The molecular weight excluding hydrogens is 433 g/mol. The van der Waals surface area contributed by atoms with E-state index >= 15 is 0 Å². The molecule has 29 heavy (non-hydrogen) atoms. The Kier molecular flexibility index (Phi) is 5.63. The van der Waals surface area contributed by atoms with Gasteiger partial charge in [0.2, 0.25) is 0 Å². The van der Waals surface area contributed by atoms with Gasteiger partial charge in [-0.25, -0.2) is 0 Å². The third-order valence-corrected chi connectivity index (χ3v) is 5.93.